The first kappa shape index (κ1) is 28.8. The molecule has 2 atom stereocenters. The number of alkyl halides is 4. The van der Waals surface area contributed by atoms with E-state index in [0.29, 0.717) is 6.20 Å². The number of hydrogen-bond donors (Lipinski definition) is 1. The molecule has 16 heteroatoms. The lowest BCUT2D eigenvalue weighted by atomic mass is 10.1. The second-order valence-electron chi connectivity index (χ2n) is 8.90. The van der Waals surface area contributed by atoms with Gasteiger partial charge in [-0.3, -0.25) is 9.59 Å². The molecule has 0 aliphatic carbocycles. The Morgan fingerprint density at radius 3 is 2.42 bits per heavy atom. The first-order valence-corrected chi connectivity index (χ1v) is 13.3. The number of aromatic nitrogens is 5. The summed E-state index contributed by atoms with van der Waals surface area (Å²) >= 11 is 0. The number of fused-ring (bicyclic) bond motifs is 1. The van der Waals surface area contributed by atoms with Gasteiger partial charge in [0.2, 0.25) is 0 Å². The zero-order valence-corrected chi connectivity index (χ0v) is 21.6. The van der Waals surface area contributed by atoms with E-state index in [4.69, 9.17) is 4.74 Å². The lowest BCUT2D eigenvalue weighted by Gasteiger charge is -2.19. The van der Waals surface area contributed by atoms with Gasteiger partial charge in [-0.25, -0.2) is 32.3 Å². The van der Waals surface area contributed by atoms with E-state index in [1.807, 2.05) is 0 Å². The molecule has 3 aromatic heterocycles. The zero-order chi connectivity index (χ0) is 29.4. The van der Waals surface area contributed by atoms with Crippen LogP contribution in [0.2, 0.25) is 0 Å². The number of benzene rings is 1. The number of pyridine rings is 1. The van der Waals surface area contributed by atoms with Crippen molar-refractivity contribution in [3.05, 3.63) is 75.1 Å². The van der Waals surface area contributed by atoms with Gasteiger partial charge in [0.15, 0.2) is 27.0 Å². The van der Waals surface area contributed by atoms with Gasteiger partial charge in [0.25, 0.3) is 11.1 Å². The lowest BCUT2D eigenvalue weighted by molar-refractivity contribution is -0.140. The highest BCUT2D eigenvalue weighted by Gasteiger charge is 2.38. The van der Waals surface area contributed by atoms with Crippen LogP contribution in [-0.2, 0) is 22.6 Å². The molecule has 0 radical (unpaired) electrons. The Balaban J connectivity index is 1.52. The van der Waals surface area contributed by atoms with Crippen molar-refractivity contribution in [1.82, 2.24) is 24.7 Å². The molecule has 0 saturated heterocycles. The summed E-state index contributed by atoms with van der Waals surface area (Å²) in [4.78, 5) is 32.1. The average Bonchev–Trinajstić information content (AvgIpc) is 2.84. The number of halogens is 5. The van der Waals surface area contributed by atoms with Crippen LogP contribution in [0, 0.1) is 5.82 Å². The van der Waals surface area contributed by atoms with E-state index < -0.39 is 69.5 Å². The summed E-state index contributed by atoms with van der Waals surface area (Å²) in [5.74, 6) is -1.85. The van der Waals surface area contributed by atoms with E-state index in [9.17, 15) is 40.0 Å². The third kappa shape index (κ3) is 6.16. The minimum absolute atomic E-state index is 0.0857. The predicted octanol–water partition coefficient (Wildman–Crippen LogP) is 3.30. The molecule has 0 saturated carbocycles. The quantitative estimate of drug-likeness (QED) is 0.311. The van der Waals surface area contributed by atoms with E-state index in [1.165, 1.54) is 25.3 Å². The molecule has 1 aromatic carbocycles. The van der Waals surface area contributed by atoms with Crippen molar-refractivity contribution >= 4 is 20.6 Å². The van der Waals surface area contributed by atoms with Crippen molar-refractivity contribution in [2.45, 2.75) is 43.2 Å². The Hall–Kier alpha value is -4.21. The van der Waals surface area contributed by atoms with Crippen molar-refractivity contribution in [1.29, 1.82) is 0 Å². The molecule has 4 aromatic rings. The molecule has 40 heavy (non-hydrogen) atoms. The Kier molecular flexibility index (Phi) is 7.74. The number of hydrogen-bond acceptors (Lipinski definition) is 8. The number of aromatic amines is 1. The van der Waals surface area contributed by atoms with Crippen LogP contribution in [0.1, 0.15) is 18.9 Å². The third-order valence-electron chi connectivity index (χ3n) is 5.78. The highest BCUT2D eigenvalue weighted by atomic mass is 32.2. The maximum absolute atomic E-state index is 14.9. The molecule has 0 aliphatic heterocycles. The number of sulfone groups is 1. The molecular weight excluding hydrogens is 565 g/mol. The summed E-state index contributed by atoms with van der Waals surface area (Å²) in [5, 5.41) is 5.14. The molecule has 212 valence electrons. The Labute approximate surface area is 222 Å². The monoisotopic (exact) mass is 585 g/mol. The maximum Gasteiger partial charge on any atom is 0.425 e. The van der Waals surface area contributed by atoms with Crippen LogP contribution in [0.5, 0.6) is 5.75 Å². The Morgan fingerprint density at radius 2 is 1.80 bits per heavy atom. The van der Waals surface area contributed by atoms with Crippen molar-refractivity contribution in [3.63, 3.8) is 0 Å². The molecule has 0 spiro atoms. The smallest absolute Gasteiger partial charge is 0.425 e. The van der Waals surface area contributed by atoms with Gasteiger partial charge >= 0.3 is 6.18 Å². The molecular formula is C24H20F5N5O5S. The summed E-state index contributed by atoms with van der Waals surface area (Å²) in [7, 11) is -3.56. The Bertz CT molecular complexity index is 1790. The molecule has 0 fully saturated rings. The fourth-order valence-electron chi connectivity index (χ4n) is 3.92. The molecule has 1 N–H and O–H groups in total. The van der Waals surface area contributed by atoms with Crippen molar-refractivity contribution in [2.24, 2.45) is 0 Å². The van der Waals surface area contributed by atoms with E-state index in [2.05, 4.69) is 15.1 Å². The van der Waals surface area contributed by atoms with Crippen LogP contribution in [-0.4, -0.2) is 51.7 Å². The topological polar surface area (TPSA) is 137 Å². The van der Waals surface area contributed by atoms with Crippen LogP contribution >= 0.6 is 0 Å². The van der Waals surface area contributed by atoms with Gasteiger partial charge < -0.3 is 9.30 Å². The van der Waals surface area contributed by atoms with Crippen LogP contribution in [0.15, 0.2) is 57.5 Å². The normalized spacial score (nSPS) is 13.8. The number of nitrogens with one attached hydrogen (secondary N) is 1. The van der Waals surface area contributed by atoms with Crippen LogP contribution in [0.4, 0.5) is 22.0 Å². The highest BCUT2D eigenvalue weighted by Crippen LogP contribution is 2.33. The summed E-state index contributed by atoms with van der Waals surface area (Å²) < 4.78 is 98.6. The van der Waals surface area contributed by atoms with Gasteiger partial charge in [0.05, 0.1) is 29.8 Å². The van der Waals surface area contributed by atoms with Gasteiger partial charge in [-0.05, 0) is 30.5 Å². The van der Waals surface area contributed by atoms with E-state index in [-0.39, 0.29) is 27.1 Å². The van der Waals surface area contributed by atoms with Crippen LogP contribution in [0.25, 0.3) is 22.2 Å². The summed E-state index contributed by atoms with van der Waals surface area (Å²) in [6.45, 7) is 0.778. The number of H-pyrrole nitrogens is 1. The molecule has 4 rings (SSSR count). The van der Waals surface area contributed by atoms with Gasteiger partial charge in [-0.15, -0.1) is 0 Å². The summed E-state index contributed by atoms with van der Waals surface area (Å²) in [6, 6.07) is 3.64. The fourth-order valence-corrected chi connectivity index (χ4v) is 4.41. The SMILES string of the molecule is C[C@@H](C[C@H](F)Cn1ccc2cc(-c3ncc(S(C)(=O)=O)cn3)c(F)cc2c1=O)Oc1cn[nH]c(=O)c1C(F)(F)F. The van der Waals surface area contributed by atoms with Gasteiger partial charge in [0.1, 0.15) is 16.9 Å². The largest absolute Gasteiger partial charge is 0.488 e. The van der Waals surface area contributed by atoms with Crippen molar-refractivity contribution < 1.29 is 35.1 Å². The molecule has 0 unspecified atom stereocenters. The molecule has 0 aliphatic rings. The van der Waals surface area contributed by atoms with Crippen molar-refractivity contribution in [3.8, 4) is 17.1 Å². The van der Waals surface area contributed by atoms with Crippen LogP contribution < -0.4 is 15.9 Å². The van der Waals surface area contributed by atoms with E-state index in [1.54, 1.807) is 5.10 Å². The second-order valence-corrected chi connectivity index (χ2v) is 10.9. The van der Waals surface area contributed by atoms with Crippen molar-refractivity contribution in [2.75, 3.05) is 6.26 Å². The minimum Gasteiger partial charge on any atom is -0.488 e. The average molecular weight is 586 g/mol. The lowest BCUT2D eigenvalue weighted by Crippen LogP contribution is -2.29. The van der Waals surface area contributed by atoms with Gasteiger partial charge in [0, 0.05) is 31.3 Å². The first-order valence-electron chi connectivity index (χ1n) is 11.5. The van der Waals surface area contributed by atoms with Gasteiger partial charge in [-0.2, -0.15) is 18.3 Å². The molecule has 0 bridgehead atoms. The second kappa shape index (κ2) is 10.7. The molecule has 10 nitrogen and oxygen atoms in total. The number of rotatable bonds is 8. The Morgan fingerprint density at radius 1 is 1.12 bits per heavy atom. The fraction of sp³-hybridized carbons (Fsp3) is 0.292. The maximum atomic E-state index is 14.9. The third-order valence-corrected chi connectivity index (χ3v) is 6.84. The summed E-state index contributed by atoms with van der Waals surface area (Å²) in [6.07, 6.45) is -3.41. The minimum atomic E-state index is -5.03. The van der Waals surface area contributed by atoms with Crippen LogP contribution in [0.3, 0.4) is 0 Å². The zero-order valence-electron chi connectivity index (χ0n) is 20.7. The number of ether oxygens (including phenoxy) is 1. The molecule has 3 heterocycles. The van der Waals surface area contributed by atoms with Gasteiger partial charge in [-0.1, -0.05) is 0 Å². The standard InChI is InChI=1S/C24H20F5N5O5S/c1-12(39-19-10-32-33-22(35)20(19)24(27,28)29)5-14(25)11-34-4-3-13-6-17(18(26)7-16(13)23(34)36)21-30-8-15(9-31-21)40(2,37)38/h3-4,6-10,12,14H,5,11H2,1-2H3,(H,33,35)/t12-,14-/m0/s1. The predicted molar refractivity (Wildman–Crippen MR) is 132 cm³/mol. The first-order chi connectivity index (χ1) is 18.6. The molecule has 0 amide bonds. The van der Waals surface area contributed by atoms with E-state index in [0.717, 1.165) is 29.3 Å². The highest BCUT2D eigenvalue weighted by molar-refractivity contribution is 7.90. The summed E-state index contributed by atoms with van der Waals surface area (Å²) in [5.41, 5.74) is -3.93. The van der Waals surface area contributed by atoms with E-state index >= 15 is 0 Å². The number of nitrogens with zero attached hydrogens (tertiary/aromatic N) is 4.